The van der Waals surface area contributed by atoms with E-state index in [4.69, 9.17) is 0 Å². The van der Waals surface area contributed by atoms with Crippen LogP contribution in [0.4, 0.5) is 0 Å². The van der Waals surface area contributed by atoms with Crippen molar-refractivity contribution >= 4 is 31.9 Å². The third-order valence-electron chi connectivity index (χ3n) is 2.02. The summed E-state index contributed by atoms with van der Waals surface area (Å²) < 4.78 is 2.80. The number of hydrogen-bond donors (Lipinski definition) is 0. The maximum atomic E-state index is 11.6. The number of pyridine rings is 2. The lowest BCUT2D eigenvalue weighted by Gasteiger charge is -2.05. The van der Waals surface area contributed by atoms with Gasteiger partial charge >= 0.3 is 0 Å². The predicted molar refractivity (Wildman–Crippen MR) is 65.2 cm³/mol. The Kier molecular flexibility index (Phi) is 3.11. The van der Waals surface area contributed by atoms with Crippen molar-refractivity contribution in [2.45, 2.75) is 0 Å². The fourth-order valence-electron chi connectivity index (χ4n) is 1.30. The van der Waals surface area contributed by atoms with Crippen molar-refractivity contribution in [3.8, 4) is 11.4 Å². The van der Waals surface area contributed by atoms with Crippen molar-refractivity contribution in [1.82, 2.24) is 0 Å². The first-order valence-corrected chi connectivity index (χ1v) is 5.94. The van der Waals surface area contributed by atoms with Gasteiger partial charge < -0.3 is 10.4 Å². The summed E-state index contributed by atoms with van der Waals surface area (Å²) in [5.41, 5.74) is 0.594. The van der Waals surface area contributed by atoms with Crippen LogP contribution in [0.25, 0.3) is 11.4 Å². The van der Waals surface area contributed by atoms with Gasteiger partial charge in [-0.3, -0.25) is 0 Å². The zero-order valence-electron chi connectivity index (χ0n) is 7.93. The monoisotopic (exact) mass is 344 g/mol. The summed E-state index contributed by atoms with van der Waals surface area (Å²) in [6.07, 6.45) is 2.70. The number of nitrogens with zero attached hydrogens (tertiary/aromatic N) is 2. The van der Waals surface area contributed by atoms with E-state index in [0.717, 1.165) is 8.95 Å². The molecule has 2 aromatic heterocycles. The molecule has 2 rings (SSSR count). The fraction of sp³-hybridized carbons (Fsp3) is 0. The van der Waals surface area contributed by atoms with Crippen LogP contribution in [0, 0.1) is 10.4 Å². The molecule has 0 bridgehead atoms. The molecule has 0 spiro atoms. The Hall–Kier alpha value is -1.14. The Morgan fingerprint density at radius 3 is 1.56 bits per heavy atom. The third-order valence-corrected chi connectivity index (χ3v) is 3.01. The molecule has 2 aromatic rings. The Balaban J connectivity index is 2.66. The highest BCUT2D eigenvalue weighted by Crippen LogP contribution is 2.19. The van der Waals surface area contributed by atoms with Crippen LogP contribution in [0.2, 0.25) is 0 Å². The lowest BCUT2D eigenvalue weighted by Crippen LogP contribution is -2.36. The second-order valence-corrected chi connectivity index (χ2v) is 4.94. The summed E-state index contributed by atoms with van der Waals surface area (Å²) in [6, 6.07) is 6.43. The second kappa shape index (κ2) is 4.39. The van der Waals surface area contributed by atoms with Gasteiger partial charge in [0.1, 0.15) is 0 Å². The van der Waals surface area contributed by atoms with Crippen molar-refractivity contribution in [2.24, 2.45) is 0 Å². The highest BCUT2D eigenvalue weighted by Gasteiger charge is 2.18. The van der Waals surface area contributed by atoms with Gasteiger partial charge in [-0.1, -0.05) is 31.9 Å². The van der Waals surface area contributed by atoms with E-state index in [0.29, 0.717) is 20.8 Å². The summed E-state index contributed by atoms with van der Waals surface area (Å²) in [6.45, 7) is 0. The summed E-state index contributed by atoms with van der Waals surface area (Å²) >= 11 is 6.52. The van der Waals surface area contributed by atoms with Gasteiger partial charge in [0, 0.05) is 33.2 Å². The lowest BCUT2D eigenvalue weighted by molar-refractivity contribution is -0.625. The minimum Gasteiger partial charge on any atom is -0.618 e. The molecule has 0 fully saturated rings. The average molecular weight is 346 g/mol. The number of halogens is 2. The molecule has 0 N–H and O–H groups in total. The van der Waals surface area contributed by atoms with E-state index in [1.165, 1.54) is 12.4 Å². The van der Waals surface area contributed by atoms with E-state index >= 15 is 0 Å². The van der Waals surface area contributed by atoms with E-state index in [1.807, 2.05) is 0 Å². The topological polar surface area (TPSA) is 53.9 Å². The lowest BCUT2D eigenvalue weighted by atomic mass is 10.2. The van der Waals surface area contributed by atoms with Gasteiger partial charge in [0.25, 0.3) is 11.4 Å². The largest absolute Gasteiger partial charge is 0.618 e. The molecular weight excluding hydrogens is 340 g/mol. The van der Waals surface area contributed by atoms with Crippen LogP contribution in [0.15, 0.2) is 45.6 Å². The third kappa shape index (κ3) is 2.17. The van der Waals surface area contributed by atoms with E-state index in [-0.39, 0.29) is 0 Å². The highest BCUT2D eigenvalue weighted by molar-refractivity contribution is 9.10. The Labute approximate surface area is 109 Å². The zero-order chi connectivity index (χ0) is 11.7. The van der Waals surface area contributed by atoms with Crippen LogP contribution < -0.4 is 9.46 Å². The minimum absolute atomic E-state index is 0.297. The van der Waals surface area contributed by atoms with E-state index in [1.54, 1.807) is 24.3 Å². The molecule has 2 heterocycles. The van der Waals surface area contributed by atoms with Crippen LogP contribution in [0.1, 0.15) is 0 Å². The standard InChI is InChI=1S/C10H6Br2N2O2/c11-7-1-3-13(15)9(5-7)10-6-8(12)2-4-14(10)16/h1-6H. The quantitative estimate of drug-likeness (QED) is 0.587. The average Bonchev–Trinajstić information content (AvgIpc) is 2.25. The molecular formula is C10H6Br2N2O2. The van der Waals surface area contributed by atoms with Crippen molar-refractivity contribution < 1.29 is 9.46 Å². The molecule has 0 aliphatic heterocycles. The minimum atomic E-state index is 0.297. The molecule has 0 aliphatic carbocycles. The zero-order valence-corrected chi connectivity index (χ0v) is 11.1. The second-order valence-electron chi connectivity index (χ2n) is 3.11. The highest BCUT2D eigenvalue weighted by atomic mass is 79.9. The number of hydrogen-bond acceptors (Lipinski definition) is 2. The number of rotatable bonds is 1. The van der Waals surface area contributed by atoms with Crippen molar-refractivity contribution in [3.05, 3.63) is 56.0 Å². The predicted octanol–water partition coefficient (Wildman–Crippen LogP) is 2.15. The smallest absolute Gasteiger partial charge is 0.291 e. The molecule has 0 atom stereocenters. The van der Waals surface area contributed by atoms with Crippen LogP contribution in [-0.4, -0.2) is 0 Å². The summed E-state index contributed by atoms with van der Waals surface area (Å²) in [4.78, 5) is 0. The van der Waals surface area contributed by atoms with Gasteiger partial charge in [-0.05, 0) is 0 Å². The van der Waals surface area contributed by atoms with Crippen LogP contribution >= 0.6 is 31.9 Å². The summed E-state index contributed by atoms with van der Waals surface area (Å²) in [5, 5.41) is 23.1. The van der Waals surface area contributed by atoms with Crippen molar-refractivity contribution in [2.75, 3.05) is 0 Å². The first-order chi connectivity index (χ1) is 7.58. The molecule has 0 aromatic carbocycles. The van der Waals surface area contributed by atoms with Gasteiger partial charge in [-0.25, -0.2) is 0 Å². The molecule has 0 saturated carbocycles. The molecule has 0 unspecified atom stereocenters. The van der Waals surface area contributed by atoms with Crippen molar-refractivity contribution in [3.63, 3.8) is 0 Å². The first kappa shape index (κ1) is 11.3. The van der Waals surface area contributed by atoms with E-state index in [2.05, 4.69) is 31.9 Å². The van der Waals surface area contributed by atoms with Gasteiger partial charge in [-0.2, -0.15) is 9.46 Å². The normalized spacial score (nSPS) is 10.4. The van der Waals surface area contributed by atoms with Crippen molar-refractivity contribution in [1.29, 1.82) is 0 Å². The van der Waals surface area contributed by atoms with E-state index < -0.39 is 0 Å². The van der Waals surface area contributed by atoms with Crippen LogP contribution in [0.5, 0.6) is 0 Å². The molecule has 0 aliphatic rings. The molecule has 0 saturated heterocycles. The first-order valence-electron chi connectivity index (χ1n) is 4.36. The number of aromatic nitrogens is 2. The Bertz CT molecular complexity index is 497. The molecule has 0 amide bonds. The summed E-state index contributed by atoms with van der Waals surface area (Å²) in [5.74, 6) is 0. The van der Waals surface area contributed by atoms with Gasteiger partial charge in [-0.15, -0.1) is 0 Å². The molecule has 4 nitrogen and oxygen atoms in total. The van der Waals surface area contributed by atoms with E-state index in [9.17, 15) is 10.4 Å². The van der Waals surface area contributed by atoms with Crippen LogP contribution in [-0.2, 0) is 0 Å². The van der Waals surface area contributed by atoms with Gasteiger partial charge in [0.2, 0.25) is 0 Å². The molecule has 82 valence electrons. The Morgan fingerprint density at radius 2 is 1.19 bits per heavy atom. The maximum Gasteiger partial charge on any atom is 0.291 e. The van der Waals surface area contributed by atoms with Gasteiger partial charge in [0.15, 0.2) is 12.4 Å². The SMILES string of the molecule is [O-][n+]1ccc(Br)cc1-c1cc(Br)cc[n+]1[O-]. The maximum absolute atomic E-state index is 11.6. The summed E-state index contributed by atoms with van der Waals surface area (Å²) in [7, 11) is 0. The fourth-order valence-corrected chi connectivity index (χ4v) is 1.97. The van der Waals surface area contributed by atoms with Gasteiger partial charge in [0.05, 0.1) is 0 Å². The molecule has 16 heavy (non-hydrogen) atoms. The molecule has 6 heteroatoms. The van der Waals surface area contributed by atoms with Crippen LogP contribution in [0.3, 0.4) is 0 Å². The molecule has 0 radical (unpaired) electrons. The Morgan fingerprint density at radius 1 is 0.812 bits per heavy atom.